The Morgan fingerprint density at radius 2 is 1.67 bits per heavy atom. The molecule has 0 heterocycles. The first-order valence-electron chi connectivity index (χ1n) is 8.96. The van der Waals surface area contributed by atoms with Gasteiger partial charge in [0, 0.05) is 11.5 Å². The third-order valence-electron chi connectivity index (χ3n) is 5.05. The summed E-state index contributed by atoms with van der Waals surface area (Å²) in [6.07, 6.45) is 3.33. The van der Waals surface area contributed by atoms with Gasteiger partial charge in [-0.2, -0.15) is 0 Å². The molecule has 0 amide bonds. The second-order valence-electron chi connectivity index (χ2n) is 7.53. The largest absolute Gasteiger partial charge is 0.508 e. The number of benzene rings is 1. The number of aliphatic hydroxyl groups is 1. The summed E-state index contributed by atoms with van der Waals surface area (Å²) >= 11 is 0. The SMILES string of the molecule is C=C(O)c1ccccc1C(C(C)=C(C)C/C=C(\C)C(C)C)C(C)C. The van der Waals surface area contributed by atoms with Crippen molar-refractivity contribution < 1.29 is 5.11 Å². The van der Waals surface area contributed by atoms with E-state index in [0.29, 0.717) is 11.8 Å². The maximum Gasteiger partial charge on any atom is 0.115 e. The highest BCUT2D eigenvalue weighted by Gasteiger charge is 2.22. The van der Waals surface area contributed by atoms with E-state index in [4.69, 9.17) is 0 Å². The topological polar surface area (TPSA) is 20.2 Å². The van der Waals surface area contributed by atoms with E-state index in [2.05, 4.69) is 67.2 Å². The van der Waals surface area contributed by atoms with Crippen molar-refractivity contribution in [3.05, 3.63) is 64.8 Å². The average Bonchev–Trinajstić information content (AvgIpc) is 2.52. The van der Waals surface area contributed by atoms with E-state index in [1.54, 1.807) is 0 Å². The molecule has 0 radical (unpaired) electrons. The summed E-state index contributed by atoms with van der Waals surface area (Å²) in [5.41, 5.74) is 6.27. The normalized spacial score (nSPS) is 14.8. The smallest absolute Gasteiger partial charge is 0.115 e. The average molecular weight is 327 g/mol. The molecule has 0 aliphatic carbocycles. The minimum absolute atomic E-state index is 0.150. The van der Waals surface area contributed by atoms with Gasteiger partial charge in [0.15, 0.2) is 0 Å². The fourth-order valence-corrected chi connectivity index (χ4v) is 3.10. The van der Waals surface area contributed by atoms with Crippen molar-refractivity contribution in [2.45, 2.75) is 60.8 Å². The van der Waals surface area contributed by atoms with Crippen LogP contribution in [0.25, 0.3) is 5.76 Å². The minimum Gasteiger partial charge on any atom is -0.508 e. The molecule has 0 fully saturated rings. The summed E-state index contributed by atoms with van der Waals surface area (Å²) in [6, 6.07) is 8.08. The first-order chi connectivity index (χ1) is 11.2. The lowest BCUT2D eigenvalue weighted by molar-refractivity contribution is 0.506. The molecular weight excluding hydrogens is 292 g/mol. The molecule has 1 N–H and O–H groups in total. The number of hydrogen-bond acceptors (Lipinski definition) is 1. The molecule has 1 atom stereocenters. The molecule has 24 heavy (non-hydrogen) atoms. The zero-order valence-electron chi connectivity index (χ0n) is 16.5. The maximum atomic E-state index is 9.97. The Morgan fingerprint density at radius 1 is 1.08 bits per heavy atom. The summed E-state index contributed by atoms with van der Waals surface area (Å²) in [7, 11) is 0. The van der Waals surface area contributed by atoms with Crippen LogP contribution in [0.2, 0.25) is 0 Å². The maximum absolute atomic E-state index is 9.97. The Hall–Kier alpha value is -1.76. The molecule has 1 aromatic rings. The molecule has 1 nitrogen and oxygen atoms in total. The van der Waals surface area contributed by atoms with Gasteiger partial charge in [0.25, 0.3) is 0 Å². The number of allylic oxidation sites excluding steroid dienone is 4. The molecule has 0 saturated carbocycles. The molecule has 1 heteroatoms. The summed E-state index contributed by atoms with van der Waals surface area (Å²) in [6.45, 7) is 19.4. The van der Waals surface area contributed by atoms with Gasteiger partial charge in [0.05, 0.1) is 0 Å². The second kappa shape index (κ2) is 8.92. The molecule has 0 aliphatic heterocycles. The Balaban J connectivity index is 3.28. The van der Waals surface area contributed by atoms with Crippen molar-refractivity contribution in [1.82, 2.24) is 0 Å². The standard InChI is InChI=1S/C23H34O/c1-15(2)17(5)13-14-18(6)19(7)23(16(3)4)22-12-10-9-11-21(22)20(8)24/h9-13,15-16,23-24H,8,14H2,1-7H3/b17-13+,19-18?. The van der Waals surface area contributed by atoms with E-state index in [1.165, 1.54) is 22.3 Å². The van der Waals surface area contributed by atoms with Crippen LogP contribution in [0.4, 0.5) is 0 Å². The number of hydrogen-bond donors (Lipinski definition) is 1. The van der Waals surface area contributed by atoms with E-state index in [0.717, 1.165) is 12.0 Å². The van der Waals surface area contributed by atoms with Crippen LogP contribution < -0.4 is 0 Å². The fraction of sp³-hybridized carbons (Fsp3) is 0.478. The van der Waals surface area contributed by atoms with Gasteiger partial charge in [0.2, 0.25) is 0 Å². The van der Waals surface area contributed by atoms with E-state index in [9.17, 15) is 5.11 Å². The minimum atomic E-state index is 0.150. The third kappa shape index (κ3) is 5.12. The Bertz CT molecular complexity index is 629. The van der Waals surface area contributed by atoms with E-state index in [1.807, 2.05) is 18.2 Å². The summed E-state index contributed by atoms with van der Waals surface area (Å²) in [5.74, 6) is 1.49. The van der Waals surface area contributed by atoms with E-state index in [-0.39, 0.29) is 11.7 Å². The summed E-state index contributed by atoms with van der Waals surface area (Å²) in [4.78, 5) is 0. The Morgan fingerprint density at radius 3 is 2.17 bits per heavy atom. The third-order valence-corrected chi connectivity index (χ3v) is 5.05. The van der Waals surface area contributed by atoms with Gasteiger partial charge in [-0.3, -0.25) is 0 Å². The van der Waals surface area contributed by atoms with Crippen molar-refractivity contribution in [2.24, 2.45) is 11.8 Å². The lowest BCUT2D eigenvalue weighted by atomic mass is 9.78. The van der Waals surface area contributed by atoms with E-state index < -0.39 is 0 Å². The van der Waals surface area contributed by atoms with Gasteiger partial charge in [0.1, 0.15) is 5.76 Å². The molecule has 1 rings (SSSR count). The van der Waals surface area contributed by atoms with Crippen molar-refractivity contribution in [3.8, 4) is 0 Å². The van der Waals surface area contributed by atoms with Crippen LogP contribution >= 0.6 is 0 Å². The quantitative estimate of drug-likeness (QED) is 0.412. The predicted molar refractivity (Wildman–Crippen MR) is 107 cm³/mol. The monoisotopic (exact) mass is 326 g/mol. The van der Waals surface area contributed by atoms with Crippen molar-refractivity contribution in [2.75, 3.05) is 0 Å². The van der Waals surface area contributed by atoms with Gasteiger partial charge in [-0.05, 0) is 44.6 Å². The van der Waals surface area contributed by atoms with Crippen LogP contribution in [0, 0.1) is 11.8 Å². The lowest BCUT2D eigenvalue weighted by Crippen LogP contribution is -2.12. The van der Waals surface area contributed by atoms with E-state index >= 15 is 0 Å². The second-order valence-corrected chi connectivity index (χ2v) is 7.53. The van der Waals surface area contributed by atoms with Crippen LogP contribution in [0.15, 0.2) is 53.6 Å². The van der Waals surface area contributed by atoms with Gasteiger partial charge >= 0.3 is 0 Å². The molecule has 0 aromatic heterocycles. The van der Waals surface area contributed by atoms with Gasteiger partial charge in [-0.25, -0.2) is 0 Å². The van der Waals surface area contributed by atoms with Gasteiger partial charge < -0.3 is 5.11 Å². The molecule has 1 aromatic carbocycles. The highest BCUT2D eigenvalue weighted by molar-refractivity contribution is 5.61. The van der Waals surface area contributed by atoms with Crippen LogP contribution in [-0.4, -0.2) is 5.11 Å². The summed E-state index contributed by atoms with van der Waals surface area (Å²) < 4.78 is 0. The van der Waals surface area contributed by atoms with Crippen LogP contribution in [0.1, 0.15) is 71.9 Å². The zero-order valence-corrected chi connectivity index (χ0v) is 16.5. The zero-order chi connectivity index (χ0) is 18.4. The van der Waals surface area contributed by atoms with Crippen LogP contribution in [-0.2, 0) is 0 Å². The number of aliphatic hydroxyl groups excluding tert-OH is 1. The van der Waals surface area contributed by atoms with Crippen molar-refractivity contribution in [3.63, 3.8) is 0 Å². The fourth-order valence-electron chi connectivity index (χ4n) is 3.10. The molecule has 0 bridgehead atoms. The first kappa shape index (κ1) is 20.3. The molecule has 132 valence electrons. The molecular formula is C23H34O. The Labute approximate surface area is 148 Å². The highest BCUT2D eigenvalue weighted by atomic mass is 16.3. The lowest BCUT2D eigenvalue weighted by Gasteiger charge is -2.26. The molecule has 0 spiro atoms. The molecule has 0 aliphatic rings. The highest BCUT2D eigenvalue weighted by Crippen LogP contribution is 2.37. The number of rotatable bonds is 7. The van der Waals surface area contributed by atoms with Crippen LogP contribution in [0.5, 0.6) is 0 Å². The van der Waals surface area contributed by atoms with Gasteiger partial charge in [-0.1, -0.05) is 81.3 Å². The first-order valence-corrected chi connectivity index (χ1v) is 8.96. The van der Waals surface area contributed by atoms with Crippen molar-refractivity contribution in [1.29, 1.82) is 0 Å². The predicted octanol–water partition coefficient (Wildman–Crippen LogP) is 7.28. The summed E-state index contributed by atoms with van der Waals surface area (Å²) in [5, 5.41) is 9.97. The van der Waals surface area contributed by atoms with Crippen molar-refractivity contribution >= 4 is 5.76 Å². The molecule has 1 unspecified atom stereocenters. The molecule has 0 saturated heterocycles. The Kier molecular flexibility index (Phi) is 7.54. The van der Waals surface area contributed by atoms with Crippen LogP contribution in [0.3, 0.4) is 0 Å². The van der Waals surface area contributed by atoms with Gasteiger partial charge in [-0.15, -0.1) is 0 Å².